The number of anilines is 1. The van der Waals surface area contributed by atoms with Crippen LogP contribution in [0.3, 0.4) is 0 Å². The molecule has 5 heteroatoms. The highest BCUT2D eigenvalue weighted by atomic mass is 35.5. The topological polar surface area (TPSA) is 51.1 Å². The van der Waals surface area contributed by atoms with E-state index in [9.17, 15) is 9.59 Å². The summed E-state index contributed by atoms with van der Waals surface area (Å²) in [4.78, 5) is 25.6. The monoisotopic (exact) mass is 354 g/mol. The third kappa shape index (κ3) is 3.17. The van der Waals surface area contributed by atoms with Gasteiger partial charge in [-0.3, -0.25) is 9.59 Å². The van der Waals surface area contributed by atoms with Crippen LogP contribution < -0.4 is 10.7 Å². The molecule has 128 valence electrons. The molecular formula is C20H19ClN2O2. The number of para-hydroxylation sites is 1. The van der Waals surface area contributed by atoms with Gasteiger partial charge in [-0.25, -0.2) is 0 Å². The summed E-state index contributed by atoms with van der Waals surface area (Å²) in [5.74, 6) is -0.411. The number of carbonyl (C=O) groups is 1. The Morgan fingerprint density at radius 3 is 2.48 bits per heavy atom. The number of benzene rings is 2. The van der Waals surface area contributed by atoms with E-state index in [0.717, 1.165) is 22.3 Å². The third-order valence-corrected chi connectivity index (χ3v) is 4.58. The highest BCUT2D eigenvalue weighted by Crippen LogP contribution is 2.21. The number of aromatic nitrogens is 1. The third-order valence-electron chi connectivity index (χ3n) is 4.35. The number of halogens is 1. The van der Waals surface area contributed by atoms with E-state index >= 15 is 0 Å². The lowest BCUT2D eigenvalue weighted by atomic mass is 10.1. The molecule has 0 aliphatic heterocycles. The maximum Gasteiger partial charge on any atom is 0.261 e. The van der Waals surface area contributed by atoms with Gasteiger partial charge in [-0.2, -0.15) is 0 Å². The molecule has 25 heavy (non-hydrogen) atoms. The van der Waals surface area contributed by atoms with Crippen molar-refractivity contribution >= 4 is 34.1 Å². The molecule has 1 heterocycles. The fourth-order valence-corrected chi connectivity index (χ4v) is 3.16. The molecule has 1 aromatic heterocycles. The SMILES string of the molecule is CCn1cc(C(=O)Nc2c(C)cccc2C)c(=O)c2cc(Cl)ccc21. The van der Waals surface area contributed by atoms with Gasteiger partial charge >= 0.3 is 0 Å². The van der Waals surface area contributed by atoms with E-state index < -0.39 is 5.91 Å². The van der Waals surface area contributed by atoms with Gasteiger partial charge in [0.25, 0.3) is 5.91 Å². The number of aryl methyl sites for hydroxylation is 3. The molecule has 3 aromatic rings. The molecule has 0 aliphatic carbocycles. The first-order chi connectivity index (χ1) is 11.9. The van der Waals surface area contributed by atoms with Crippen molar-refractivity contribution in [2.45, 2.75) is 27.3 Å². The lowest BCUT2D eigenvalue weighted by Crippen LogP contribution is -2.24. The molecule has 0 spiro atoms. The first-order valence-corrected chi connectivity index (χ1v) is 8.50. The summed E-state index contributed by atoms with van der Waals surface area (Å²) >= 11 is 6.04. The van der Waals surface area contributed by atoms with Crippen molar-refractivity contribution in [1.29, 1.82) is 0 Å². The van der Waals surface area contributed by atoms with Crippen LogP contribution in [0.5, 0.6) is 0 Å². The molecule has 0 unspecified atom stereocenters. The average molecular weight is 355 g/mol. The summed E-state index contributed by atoms with van der Waals surface area (Å²) < 4.78 is 1.88. The largest absolute Gasteiger partial charge is 0.347 e. The first-order valence-electron chi connectivity index (χ1n) is 8.12. The Labute approximate surface area is 151 Å². The molecule has 2 aromatic carbocycles. The normalized spacial score (nSPS) is 10.9. The standard InChI is InChI=1S/C20H19ClN2O2/c1-4-23-11-16(19(24)15-10-14(21)8-9-17(15)23)20(25)22-18-12(2)6-5-7-13(18)3/h5-11H,4H2,1-3H3,(H,22,25). The number of nitrogens with one attached hydrogen (secondary N) is 1. The van der Waals surface area contributed by atoms with E-state index in [-0.39, 0.29) is 11.0 Å². The van der Waals surface area contributed by atoms with Crippen molar-refractivity contribution in [1.82, 2.24) is 4.57 Å². The van der Waals surface area contributed by atoms with Crippen LogP contribution >= 0.6 is 11.6 Å². The quantitative estimate of drug-likeness (QED) is 0.750. The number of hydrogen-bond donors (Lipinski definition) is 1. The molecule has 4 nitrogen and oxygen atoms in total. The number of carbonyl (C=O) groups excluding carboxylic acids is 1. The molecule has 0 radical (unpaired) electrons. The van der Waals surface area contributed by atoms with Gasteiger partial charge in [0.15, 0.2) is 0 Å². The predicted molar refractivity (Wildman–Crippen MR) is 103 cm³/mol. The molecule has 0 aliphatic rings. The van der Waals surface area contributed by atoms with Gasteiger partial charge in [0.2, 0.25) is 5.43 Å². The van der Waals surface area contributed by atoms with Gasteiger partial charge in [-0.05, 0) is 50.1 Å². The van der Waals surface area contributed by atoms with Crippen molar-refractivity contribution in [2.75, 3.05) is 5.32 Å². The Balaban J connectivity index is 2.13. The van der Waals surface area contributed by atoms with Crippen molar-refractivity contribution in [2.24, 2.45) is 0 Å². The fraction of sp³-hybridized carbons (Fsp3) is 0.200. The number of amides is 1. The molecule has 0 bridgehead atoms. The van der Waals surface area contributed by atoms with Gasteiger partial charge in [-0.15, -0.1) is 0 Å². The second-order valence-electron chi connectivity index (χ2n) is 6.04. The summed E-state index contributed by atoms with van der Waals surface area (Å²) in [6.07, 6.45) is 1.61. The van der Waals surface area contributed by atoms with Crippen molar-refractivity contribution in [3.05, 3.63) is 74.5 Å². The van der Waals surface area contributed by atoms with E-state index in [1.165, 1.54) is 0 Å². The average Bonchev–Trinajstić information content (AvgIpc) is 2.59. The molecule has 0 saturated carbocycles. The van der Waals surface area contributed by atoms with Gasteiger partial charge < -0.3 is 9.88 Å². The Kier molecular flexibility index (Phi) is 4.64. The van der Waals surface area contributed by atoms with Crippen molar-refractivity contribution in [3.63, 3.8) is 0 Å². The molecule has 0 fully saturated rings. The highest BCUT2D eigenvalue weighted by molar-refractivity contribution is 6.31. The maximum atomic E-state index is 12.8. The number of nitrogens with zero attached hydrogens (tertiary/aromatic N) is 1. The Morgan fingerprint density at radius 1 is 1.16 bits per heavy atom. The zero-order valence-electron chi connectivity index (χ0n) is 14.4. The molecule has 0 atom stereocenters. The van der Waals surface area contributed by atoms with Crippen LogP contribution in [0.2, 0.25) is 5.02 Å². The Bertz CT molecular complexity index is 1020. The predicted octanol–water partition coefficient (Wildman–Crippen LogP) is 4.54. The molecular weight excluding hydrogens is 336 g/mol. The molecule has 1 N–H and O–H groups in total. The summed E-state index contributed by atoms with van der Waals surface area (Å²) in [6, 6.07) is 10.9. The summed E-state index contributed by atoms with van der Waals surface area (Å²) in [7, 11) is 0. The van der Waals surface area contributed by atoms with Crippen LogP contribution in [0.15, 0.2) is 47.4 Å². The van der Waals surface area contributed by atoms with Crippen LogP contribution in [-0.4, -0.2) is 10.5 Å². The molecule has 0 saturated heterocycles. The number of hydrogen-bond acceptors (Lipinski definition) is 2. The second-order valence-corrected chi connectivity index (χ2v) is 6.48. The summed E-state index contributed by atoms with van der Waals surface area (Å²) in [5.41, 5.74) is 3.20. The van der Waals surface area contributed by atoms with E-state index in [2.05, 4.69) is 5.32 Å². The zero-order chi connectivity index (χ0) is 18.1. The van der Waals surface area contributed by atoms with E-state index in [1.807, 2.05) is 43.5 Å². The van der Waals surface area contributed by atoms with Crippen LogP contribution in [0.4, 0.5) is 5.69 Å². The molecule has 3 rings (SSSR count). The van der Waals surface area contributed by atoms with Gasteiger partial charge in [0, 0.05) is 28.8 Å². The smallest absolute Gasteiger partial charge is 0.261 e. The number of rotatable bonds is 3. The lowest BCUT2D eigenvalue weighted by Gasteiger charge is -2.14. The number of pyridine rings is 1. The highest BCUT2D eigenvalue weighted by Gasteiger charge is 2.17. The van der Waals surface area contributed by atoms with Crippen LogP contribution in [0.1, 0.15) is 28.4 Å². The Morgan fingerprint density at radius 2 is 1.84 bits per heavy atom. The minimum Gasteiger partial charge on any atom is -0.347 e. The molecule has 1 amide bonds. The van der Waals surface area contributed by atoms with E-state index in [0.29, 0.717) is 17.0 Å². The van der Waals surface area contributed by atoms with Gasteiger partial charge in [0.05, 0.1) is 5.52 Å². The van der Waals surface area contributed by atoms with Crippen LogP contribution in [0, 0.1) is 13.8 Å². The van der Waals surface area contributed by atoms with Gasteiger partial charge in [-0.1, -0.05) is 29.8 Å². The Hall–Kier alpha value is -2.59. The van der Waals surface area contributed by atoms with Crippen LogP contribution in [0.25, 0.3) is 10.9 Å². The van der Waals surface area contributed by atoms with E-state index in [1.54, 1.807) is 24.4 Å². The minimum atomic E-state index is -0.411. The lowest BCUT2D eigenvalue weighted by molar-refractivity contribution is 0.102. The second kappa shape index (κ2) is 6.73. The van der Waals surface area contributed by atoms with E-state index in [4.69, 9.17) is 11.6 Å². The summed E-state index contributed by atoms with van der Waals surface area (Å²) in [5, 5.41) is 3.80. The van der Waals surface area contributed by atoms with Crippen molar-refractivity contribution in [3.8, 4) is 0 Å². The number of fused-ring (bicyclic) bond motifs is 1. The minimum absolute atomic E-state index is 0.110. The van der Waals surface area contributed by atoms with Crippen LogP contribution in [-0.2, 0) is 6.54 Å². The zero-order valence-corrected chi connectivity index (χ0v) is 15.1. The van der Waals surface area contributed by atoms with Gasteiger partial charge in [0.1, 0.15) is 5.56 Å². The first kappa shape index (κ1) is 17.2. The fourth-order valence-electron chi connectivity index (χ4n) is 2.99. The van der Waals surface area contributed by atoms with Crippen molar-refractivity contribution < 1.29 is 4.79 Å². The summed E-state index contributed by atoms with van der Waals surface area (Å²) in [6.45, 7) is 6.45. The maximum absolute atomic E-state index is 12.8.